The van der Waals surface area contributed by atoms with Crippen molar-refractivity contribution >= 4 is 11.8 Å². The maximum Gasteiger partial charge on any atom is 0.00467 e. The van der Waals surface area contributed by atoms with Gasteiger partial charge in [-0.1, -0.05) is 12.8 Å². The van der Waals surface area contributed by atoms with Crippen LogP contribution >= 0.6 is 11.8 Å². The number of thioether (sulfide) groups is 1. The van der Waals surface area contributed by atoms with Gasteiger partial charge in [-0.25, -0.2) is 0 Å². The summed E-state index contributed by atoms with van der Waals surface area (Å²) in [5, 5.41) is 0. The van der Waals surface area contributed by atoms with E-state index < -0.39 is 0 Å². The standard InChI is InChI=1S/C9H19NS/c1-11-7-6-9(10)5-4-8-2-3-8/h8-9H,2-7,10H2,1H3. The van der Waals surface area contributed by atoms with Gasteiger partial charge in [-0.2, -0.15) is 11.8 Å². The normalized spacial score (nSPS) is 20.2. The molecule has 1 atom stereocenters. The molecule has 0 radical (unpaired) electrons. The van der Waals surface area contributed by atoms with Crippen LogP contribution in [0.1, 0.15) is 32.1 Å². The Kier molecular flexibility index (Phi) is 4.31. The van der Waals surface area contributed by atoms with Crippen molar-refractivity contribution in [3.63, 3.8) is 0 Å². The number of rotatable bonds is 6. The SMILES string of the molecule is CSCCC(N)CCC1CC1. The third kappa shape index (κ3) is 4.70. The molecule has 0 aliphatic heterocycles. The Morgan fingerprint density at radius 3 is 2.73 bits per heavy atom. The van der Waals surface area contributed by atoms with Crippen LogP contribution in [0.2, 0.25) is 0 Å². The predicted molar refractivity (Wildman–Crippen MR) is 52.9 cm³/mol. The van der Waals surface area contributed by atoms with Gasteiger partial charge >= 0.3 is 0 Å². The first-order valence-corrected chi connectivity index (χ1v) is 5.97. The van der Waals surface area contributed by atoms with Crippen molar-refractivity contribution in [2.75, 3.05) is 12.0 Å². The summed E-state index contributed by atoms with van der Waals surface area (Å²) in [6, 6.07) is 0.475. The van der Waals surface area contributed by atoms with Gasteiger partial charge in [0, 0.05) is 6.04 Å². The molecule has 1 nitrogen and oxygen atoms in total. The fraction of sp³-hybridized carbons (Fsp3) is 1.00. The Labute approximate surface area is 74.1 Å². The van der Waals surface area contributed by atoms with Crippen LogP contribution < -0.4 is 5.73 Å². The van der Waals surface area contributed by atoms with Gasteiger partial charge in [-0.15, -0.1) is 0 Å². The molecule has 2 N–H and O–H groups in total. The highest BCUT2D eigenvalue weighted by molar-refractivity contribution is 7.98. The fourth-order valence-corrected chi connectivity index (χ4v) is 1.81. The Morgan fingerprint density at radius 2 is 2.18 bits per heavy atom. The molecule has 1 aliphatic carbocycles. The maximum absolute atomic E-state index is 5.92. The molecule has 0 amide bonds. The lowest BCUT2D eigenvalue weighted by Crippen LogP contribution is -2.20. The summed E-state index contributed by atoms with van der Waals surface area (Å²) in [5.74, 6) is 2.28. The Hall–Kier alpha value is 0.310. The molecule has 0 aromatic carbocycles. The van der Waals surface area contributed by atoms with E-state index in [9.17, 15) is 0 Å². The van der Waals surface area contributed by atoms with Crippen LogP contribution in [0.25, 0.3) is 0 Å². The third-order valence-electron chi connectivity index (χ3n) is 2.34. The zero-order valence-corrected chi connectivity index (χ0v) is 8.20. The molecule has 0 bridgehead atoms. The molecule has 0 aromatic rings. The van der Waals surface area contributed by atoms with Crippen molar-refractivity contribution in [1.82, 2.24) is 0 Å². The van der Waals surface area contributed by atoms with Gasteiger partial charge < -0.3 is 5.73 Å². The molecule has 0 spiro atoms. The van der Waals surface area contributed by atoms with Crippen molar-refractivity contribution in [3.8, 4) is 0 Å². The molecular formula is C9H19NS. The van der Waals surface area contributed by atoms with Gasteiger partial charge in [0.15, 0.2) is 0 Å². The minimum Gasteiger partial charge on any atom is -0.328 e. The second-order valence-electron chi connectivity index (χ2n) is 3.56. The van der Waals surface area contributed by atoms with Gasteiger partial charge in [0.1, 0.15) is 0 Å². The number of nitrogens with two attached hydrogens (primary N) is 1. The maximum atomic E-state index is 5.92. The van der Waals surface area contributed by atoms with Crippen molar-refractivity contribution < 1.29 is 0 Å². The molecule has 11 heavy (non-hydrogen) atoms. The van der Waals surface area contributed by atoms with Crippen molar-refractivity contribution in [1.29, 1.82) is 0 Å². The quantitative estimate of drug-likeness (QED) is 0.667. The second kappa shape index (κ2) is 5.04. The molecule has 1 rings (SSSR count). The zero-order chi connectivity index (χ0) is 8.10. The zero-order valence-electron chi connectivity index (χ0n) is 7.38. The average Bonchev–Trinajstić information content (AvgIpc) is 2.80. The highest BCUT2D eigenvalue weighted by Gasteiger charge is 2.21. The summed E-state index contributed by atoms with van der Waals surface area (Å²) in [6.45, 7) is 0. The van der Waals surface area contributed by atoms with Gasteiger partial charge in [0.05, 0.1) is 0 Å². The predicted octanol–water partition coefficient (Wildman–Crippen LogP) is 2.26. The summed E-state index contributed by atoms with van der Waals surface area (Å²) in [5.41, 5.74) is 5.92. The topological polar surface area (TPSA) is 26.0 Å². The summed E-state index contributed by atoms with van der Waals surface area (Å²) in [7, 11) is 0. The first kappa shape index (κ1) is 9.40. The van der Waals surface area contributed by atoms with Gasteiger partial charge in [0.25, 0.3) is 0 Å². The molecule has 0 heterocycles. The highest BCUT2D eigenvalue weighted by atomic mass is 32.2. The van der Waals surface area contributed by atoms with Crippen molar-refractivity contribution in [2.45, 2.75) is 38.1 Å². The molecule has 1 aliphatic rings. The van der Waals surface area contributed by atoms with Gasteiger partial charge in [-0.05, 0) is 37.2 Å². The lowest BCUT2D eigenvalue weighted by Gasteiger charge is -2.09. The molecule has 0 aromatic heterocycles. The van der Waals surface area contributed by atoms with Gasteiger partial charge in [0.2, 0.25) is 0 Å². The van der Waals surface area contributed by atoms with E-state index in [0.29, 0.717) is 6.04 Å². The molecule has 1 unspecified atom stereocenters. The summed E-state index contributed by atoms with van der Waals surface area (Å²) in [6.07, 6.45) is 8.92. The van der Waals surface area contributed by atoms with E-state index in [0.717, 1.165) is 5.92 Å². The Balaban J connectivity index is 1.87. The molecule has 2 heteroatoms. The largest absolute Gasteiger partial charge is 0.328 e. The van der Waals surface area contributed by atoms with Crippen LogP contribution in [0.5, 0.6) is 0 Å². The van der Waals surface area contributed by atoms with E-state index in [-0.39, 0.29) is 0 Å². The summed E-state index contributed by atoms with van der Waals surface area (Å²) >= 11 is 1.90. The molecule has 0 saturated heterocycles. The Bertz CT molecular complexity index is 102. The average molecular weight is 173 g/mol. The van der Waals surface area contributed by atoms with E-state index >= 15 is 0 Å². The lowest BCUT2D eigenvalue weighted by molar-refractivity contribution is 0.545. The first-order valence-electron chi connectivity index (χ1n) is 4.57. The van der Waals surface area contributed by atoms with E-state index in [4.69, 9.17) is 5.73 Å². The van der Waals surface area contributed by atoms with Crippen LogP contribution in [-0.4, -0.2) is 18.1 Å². The van der Waals surface area contributed by atoms with Crippen LogP contribution in [0.3, 0.4) is 0 Å². The molecular weight excluding hydrogens is 154 g/mol. The lowest BCUT2D eigenvalue weighted by atomic mass is 10.1. The van der Waals surface area contributed by atoms with E-state index in [1.165, 1.54) is 37.9 Å². The van der Waals surface area contributed by atoms with E-state index in [1.54, 1.807) is 0 Å². The highest BCUT2D eigenvalue weighted by Crippen LogP contribution is 2.33. The summed E-state index contributed by atoms with van der Waals surface area (Å²) < 4.78 is 0. The molecule has 1 fully saturated rings. The van der Waals surface area contributed by atoms with Crippen LogP contribution in [0, 0.1) is 5.92 Å². The summed E-state index contributed by atoms with van der Waals surface area (Å²) in [4.78, 5) is 0. The second-order valence-corrected chi connectivity index (χ2v) is 4.55. The molecule has 1 saturated carbocycles. The van der Waals surface area contributed by atoms with Crippen LogP contribution in [0.4, 0.5) is 0 Å². The smallest absolute Gasteiger partial charge is 0.00467 e. The van der Waals surface area contributed by atoms with Gasteiger partial charge in [-0.3, -0.25) is 0 Å². The van der Waals surface area contributed by atoms with Crippen molar-refractivity contribution in [2.24, 2.45) is 11.7 Å². The van der Waals surface area contributed by atoms with E-state index in [1.807, 2.05) is 11.8 Å². The number of hydrogen-bond acceptors (Lipinski definition) is 2. The minimum atomic E-state index is 0.475. The van der Waals surface area contributed by atoms with Crippen LogP contribution in [-0.2, 0) is 0 Å². The fourth-order valence-electron chi connectivity index (χ4n) is 1.27. The molecule has 66 valence electrons. The minimum absolute atomic E-state index is 0.475. The first-order chi connectivity index (χ1) is 5.33. The Morgan fingerprint density at radius 1 is 1.45 bits per heavy atom. The van der Waals surface area contributed by atoms with Crippen molar-refractivity contribution in [3.05, 3.63) is 0 Å². The van der Waals surface area contributed by atoms with E-state index in [2.05, 4.69) is 6.26 Å². The third-order valence-corrected chi connectivity index (χ3v) is 2.98. The van der Waals surface area contributed by atoms with Crippen LogP contribution in [0.15, 0.2) is 0 Å². The monoisotopic (exact) mass is 173 g/mol. The number of hydrogen-bond donors (Lipinski definition) is 1.